The summed E-state index contributed by atoms with van der Waals surface area (Å²) in [6, 6.07) is 3.59. The first kappa shape index (κ1) is 24.9. The summed E-state index contributed by atoms with van der Waals surface area (Å²) in [5.41, 5.74) is -1.62. The minimum atomic E-state index is -4.65. The van der Waals surface area contributed by atoms with Crippen LogP contribution in [-0.4, -0.2) is 41.7 Å². The van der Waals surface area contributed by atoms with Crippen LogP contribution >= 0.6 is 11.6 Å². The van der Waals surface area contributed by atoms with Crippen LogP contribution in [-0.2, 0) is 25.1 Å². The third-order valence-electron chi connectivity index (χ3n) is 4.93. The van der Waals surface area contributed by atoms with Crippen LogP contribution in [0.4, 0.5) is 30.6 Å². The fraction of sp³-hybridized carbons (Fsp3) is 0.190. The Labute approximate surface area is 205 Å². The maximum Gasteiger partial charge on any atom is 0.417 e. The van der Waals surface area contributed by atoms with Gasteiger partial charge in [-0.2, -0.15) is 18.2 Å². The van der Waals surface area contributed by atoms with Gasteiger partial charge in [0.15, 0.2) is 11.4 Å². The third kappa shape index (κ3) is 4.94. The number of nitrogens with one attached hydrogen (secondary N) is 2. The summed E-state index contributed by atoms with van der Waals surface area (Å²) >= 11 is 6.51. The van der Waals surface area contributed by atoms with Crippen molar-refractivity contribution in [2.24, 2.45) is 14.1 Å². The molecule has 188 valence electrons. The highest BCUT2D eigenvalue weighted by Gasteiger charge is 2.32. The lowest BCUT2D eigenvalue weighted by atomic mass is 10.2. The minimum Gasteiger partial charge on any atom is -0.454 e. The zero-order chi connectivity index (χ0) is 26.2. The number of anilines is 3. The molecule has 4 rings (SSSR count). The number of pyridine rings is 3. The standard InChI is InChI=1S/C21H17ClF3N7O4/c1-31-8-10(21(23,24)25)5-12(19(31)35)28-20-30-18-17(32(20)2)16(22)13(7-27-18)36-11-3-4-26-14(6-11)29-15(34)9-33/h3-8,33H,9H2,1-2H3,(H,26,29,34)(H,27,28,30). The molecule has 0 aliphatic heterocycles. The van der Waals surface area contributed by atoms with Crippen LogP contribution < -0.4 is 20.9 Å². The summed E-state index contributed by atoms with van der Waals surface area (Å²) in [6.45, 7) is -0.720. The number of halogens is 4. The third-order valence-corrected chi connectivity index (χ3v) is 5.30. The minimum absolute atomic E-state index is 0.0193. The molecule has 0 atom stereocenters. The highest BCUT2D eigenvalue weighted by Crippen LogP contribution is 2.36. The fourth-order valence-corrected chi connectivity index (χ4v) is 3.52. The Kier molecular flexibility index (Phi) is 6.56. The normalized spacial score (nSPS) is 11.5. The molecule has 0 spiro atoms. The summed E-state index contributed by atoms with van der Waals surface area (Å²) in [4.78, 5) is 36.1. The first-order valence-electron chi connectivity index (χ1n) is 10.1. The molecule has 3 N–H and O–H groups in total. The van der Waals surface area contributed by atoms with E-state index in [0.717, 1.165) is 4.57 Å². The predicted molar refractivity (Wildman–Crippen MR) is 124 cm³/mol. The largest absolute Gasteiger partial charge is 0.454 e. The summed E-state index contributed by atoms with van der Waals surface area (Å²) in [6.07, 6.45) is -1.30. The van der Waals surface area contributed by atoms with Crippen LogP contribution in [0.3, 0.4) is 0 Å². The van der Waals surface area contributed by atoms with Gasteiger partial charge in [-0.1, -0.05) is 11.6 Å². The first-order chi connectivity index (χ1) is 17.0. The van der Waals surface area contributed by atoms with E-state index in [9.17, 15) is 22.8 Å². The van der Waals surface area contributed by atoms with Crippen molar-refractivity contribution in [1.29, 1.82) is 0 Å². The molecule has 0 saturated carbocycles. The summed E-state index contributed by atoms with van der Waals surface area (Å²) in [5, 5.41) is 13.9. The van der Waals surface area contributed by atoms with E-state index in [1.165, 1.54) is 43.2 Å². The number of hydrogen-bond acceptors (Lipinski definition) is 8. The molecular formula is C21H17ClF3N7O4. The second kappa shape index (κ2) is 9.47. The molecule has 0 fully saturated rings. The van der Waals surface area contributed by atoms with Gasteiger partial charge in [-0.05, 0) is 12.1 Å². The molecule has 1 amide bonds. The molecule has 15 heteroatoms. The van der Waals surface area contributed by atoms with E-state index in [2.05, 4.69) is 25.6 Å². The molecule has 0 radical (unpaired) electrons. The lowest BCUT2D eigenvalue weighted by molar-refractivity contribution is -0.138. The fourth-order valence-electron chi connectivity index (χ4n) is 3.22. The van der Waals surface area contributed by atoms with Crippen LogP contribution in [0.5, 0.6) is 11.5 Å². The summed E-state index contributed by atoms with van der Waals surface area (Å²) in [7, 11) is 2.74. The molecule has 4 heterocycles. The smallest absolute Gasteiger partial charge is 0.417 e. The highest BCUT2D eigenvalue weighted by molar-refractivity contribution is 6.36. The van der Waals surface area contributed by atoms with Crippen LogP contribution in [0.15, 0.2) is 41.6 Å². The Morgan fingerprint density at radius 2 is 2.00 bits per heavy atom. The van der Waals surface area contributed by atoms with Gasteiger partial charge in [0, 0.05) is 32.6 Å². The maximum absolute atomic E-state index is 13.2. The number of fused-ring (bicyclic) bond motifs is 1. The summed E-state index contributed by atoms with van der Waals surface area (Å²) in [5.74, 6) is -0.155. The molecule has 36 heavy (non-hydrogen) atoms. The van der Waals surface area contributed by atoms with Gasteiger partial charge >= 0.3 is 6.18 Å². The number of rotatable bonds is 6. The number of aliphatic hydroxyl groups excluding tert-OH is 1. The van der Waals surface area contributed by atoms with Gasteiger partial charge in [-0.15, -0.1) is 0 Å². The molecule has 0 saturated heterocycles. The number of aromatic nitrogens is 5. The van der Waals surface area contributed by atoms with Gasteiger partial charge in [0.2, 0.25) is 5.95 Å². The van der Waals surface area contributed by atoms with Crippen molar-refractivity contribution >= 4 is 46.1 Å². The second-order valence-corrected chi connectivity index (χ2v) is 7.85. The molecule has 4 aromatic rings. The lowest BCUT2D eigenvalue weighted by Crippen LogP contribution is -2.23. The Morgan fingerprint density at radius 3 is 2.69 bits per heavy atom. The molecule has 11 nitrogen and oxygen atoms in total. The maximum atomic E-state index is 13.2. The number of amides is 1. The highest BCUT2D eigenvalue weighted by atomic mass is 35.5. The van der Waals surface area contributed by atoms with Crippen molar-refractivity contribution in [2.75, 3.05) is 17.2 Å². The van der Waals surface area contributed by atoms with E-state index in [1.54, 1.807) is 0 Å². The Balaban J connectivity index is 1.68. The number of hydrogen-bond donors (Lipinski definition) is 3. The van der Waals surface area contributed by atoms with E-state index in [1.807, 2.05) is 0 Å². The van der Waals surface area contributed by atoms with Crippen LogP contribution in [0.2, 0.25) is 5.02 Å². The number of alkyl halides is 3. The molecule has 0 bridgehead atoms. The summed E-state index contributed by atoms with van der Waals surface area (Å²) < 4.78 is 47.6. The lowest BCUT2D eigenvalue weighted by Gasteiger charge is -2.12. The Morgan fingerprint density at radius 1 is 1.25 bits per heavy atom. The molecule has 0 aliphatic carbocycles. The molecule has 4 aromatic heterocycles. The topological polar surface area (TPSA) is 136 Å². The average molecular weight is 524 g/mol. The zero-order valence-corrected chi connectivity index (χ0v) is 19.3. The van der Waals surface area contributed by atoms with Gasteiger partial charge in [-0.3, -0.25) is 9.59 Å². The number of aliphatic hydroxyl groups is 1. The van der Waals surface area contributed by atoms with Crippen molar-refractivity contribution in [3.8, 4) is 11.5 Å². The SMILES string of the molecule is Cn1cc(C(F)(F)F)cc(Nc2nc3ncc(Oc4ccnc(NC(=O)CO)c4)c(Cl)c3n2C)c1=O. The first-order valence-corrected chi connectivity index (χ1v) is 10.5. The van der Waals surface area contributed by atoms with Gasteiger partial charge in [0.05, 0.1) is 11.8 Å². The van der Waals surface area contributed by atoms with Crippen LogP contribution in [0, 0.1) is 0 Å². The van der Waals surface area contributed by atoms with Gasteiger partial charge in [-0.25, -0.2) is 9.97 Å². The van der Waals surface area contributed by atoms with Crippen LogP contribution in [0.25, 0.3) is 11.2 Å². The predicted octanol–water partition coefficient (Wildman–Crippen LogP) is 3.20. The van der Waals surface area contributed by atoms with Crippen molar-refractivity contribution in [2.45, 2.75) is 6.18 Å². The van der Waals surface area contributed by atoms with Gasteiger partial charge in [0.25, 0.3) is 11.5 Å². The molecule has 0 aromatic carbocycles. The number of carbonyl (C=O) groups excluding carboxylic acids is 1. The molecule has 0 aliphatic rings. The van der Waals surface area contributed by atoms with E-state index < -0.39 is 29.8 Å². The second-order valence-electron chi connectivity index (χ2n) is 7.47. The number of imidazole rings is 1. The van der Waals surface area contributed by atoms with Crippen molar-refractivity contribution in [3.63, 3.8) is 0 Å². The monoisotopic (exact) mass is 523 g/mol. The van der Waals surface area contributed by atoms with E-state index in [4.69, 9.17) is 21.4 Å². The Bertz CT molecular complexity index is 1530. The van der Waals surface area contributed by atoms with E-state index in [-0.39, 0.29) is 45.1 Å². The number of carbonyl (C=O) groups is 1. The van der Waals surface area contributed by atoms with Gasteiger partial charge < -0.3 is 29.6 Å². The number of nitrogens with zero attached hydrogens (tertiary/aromatic N) is 5. The van der Waals surface area contributed by atoms with E-state index in [0.29, 0.717) is 12.3 Å². The van der Waals surface area contributed by atoms with Gasteiger partial charge in [0.1, 0.15) is 34.4 Å². The number of aryl methyl sites for hydroxylation is 2. The molecule has 0 unspecified atom stereocenters. The quantitative estimate of drug-likeness (QED) is 0.350. The van der Waals surface area contributed by atoms with Crippen LogP contribution in [0.1, 0.15) is 5.56 Å². The Hall–Kier alpha value is -4.17. The van der Waals surface area contributed by atoms with Crippen molar-refractivity contribution in [1.82, 2.24) is 24.1 Å². The van der Waals surface area contributed by atoms with Crippen molar-refractivity contribution < 1.29 is 27.8 Å². The average Bonchev–Trinajstić information content (AvgIpc) is 3.13. The number of ether oxygens (including phenoxy) is 1. The van der Waals surface area contributed by atoms with E-state index >= 15 is 0 Å². The van der Waals surface area contributed by atoms with Crippen molar-refractivity contribution in [3.05, 3.63) is 57.7 Å². The molecular weight excluding hydrogens is 507 g/mol. The zero-order valence-electron chi connectivity index (χ0n) is 18.6.